The molecule has 0 spiro atoms. The summed E-state index contributed by atoms with van der Waals surface area (Å²) in [5, 5.41) is 0. The lowest BCUT2D eigenvalue weighted by atomic mass is 10.2. The van der Waals surface area contributed by atoms with Crippen LogP contribution in [0.5, 0.6) is 0 Å². The molecule has 0 aliphatic rings. The predicted molar refractivity (Wildman–Crippen MR) is 54.7 cm³/mol. The Balaban J connectivity index is 3.08. The van der Waals surface area contributed by atoms with Gasteiger partial charge in [0.25, 0.3) is 5.56 Å². The van der Waals surface area contributed by atoms with E-state index in [9.17, 15) is 4.79 Å². The van der Waals surface area contributed by atoms with Crippen molar-refractivity contribution in [1.29, 1.82) is 0 Å². The molecule has 2 heterocycles. The molecule has 0 aliphatic carbocycles. The fourth-order valence-corrected chi connectivity index (χ4v) is 1.50. The molecule has 3 nitrogen and oxygen atoms in total. The van der Waals surface area contributed by atoms with Crippen molar-refractivity contribution in [2.75, 3.05) is 0 Å². The number of fused-ring (bicyclic) bond motifs is 1. The average molecular weight is 184 g/mol. The highest BCUT2D eigenvalue weighted by atomic mass is 16.1. The normalized spacial score (nSPS) is 10.0. The van der Waals surface area contributed by atoms with Crippen molar-refractivity contribution in [3.8, 4) is 0 Å². The second kappa shape index (κ2) is 3.00. The molecule has 0 bridgehead atoms. The van der Waals surface area contributed by atoms with Crippen molar-refractivity contribution in [2.24, 2.45) is 0 Å². The highest BCUT2D eigenvalue weighted by molar-refractivity contribution is 5.75. The van der Waals surface area contributed by atoms with E-state index in [2.05, 4.69) is 4.85 Å². The molecule has 0 saturated carbocycles. The first-order valence-corrected chi connectivity index (χ1v) is 4.22. The Morgan fingerprint density at radius 3 is 2.93 bits per heavy atom. The van der Waals surface area contributed by atoms with Crippen LogP contribution >= 0.6 is 0 Å². The van der Waals surface area contributed by atoms with Crippen molar-refractivity contribution >= 4 is 11.2 Å². The maximum absolute atomic E-state index is 11.5. The van der Waals surface area contributed by atoms with Crippen molar-refractivity contribution in [3.05, 3.63) is 57.8 Å². The zero-order chi connectivity index (χ0) is 10.1. The second-order valence-electron chi connectivity index (χ2n) is 3.08. The van der Waals surface area contributed by atoms with Crippen LogP contribution in [0.2, 0.25) is 0 Å². The second-order valence-corrected chi connectivity index (χ2v) is 3.08. The van der Waals surface area contributed by atoms with Gasteiger partial charge in [0.05, 0.1) is 12.1 Å². The topological polar surface area (TPSA) is 25.8 Å². The smallest absolute Gasteiger partial charge is 0.252 e. The van der Waals surface area contributed by atoms with Crippen LogP contribution in [-0.2, 0) is 0 Å². The fourth-order valence-electron chi connectivity index (χ4n) is 1.50. The number of hydrogen-bond acceptors (Lipinski definition) is 1. The average Bonchev–Trinajstić information content (AvgIpc) is 2.18. The van der Waals surface area contributed by atoms with Gasteiger partial charge >= 0.3 is 0 Å². The number of rotatable bonds is 0. The third kappa shape index (κ3) is 1.09. The van der Waals surface area contributed by atoms with Crippen molar-refractivity contribution < 1.29 is 0 Å². The van der Waals surface area contributed by atoms with Gasteiger partial charge in [0.15, 0.2) is 0 Å². The molecule has 0 amide bonds. The van der Waals surface area contributed by atoms with Crippen LogP contribution in [0.1, 0.15) is 5.56 Å². The minimum absolute atomic E-state index is 0.0921. The Hall–Kier alpha value is -2.08. The van der Waals surface area contributed by atoms with Gasteiger partial charge in [-0.1, -0.05) is 6.07 Å². The van der Waals surface area contributed by atoms with E-state index in [1.165, 1.54) is 10.5 Å². The number of pyridine rings is 2. The van der Waals surface area contributed by atoms with Crippen LogP contribution in [0.4, 0.5) is 5.69 Å². The Kier molecular flexibility index (Phi) is 1.83. The lowest BCUT2D eigenvalue weighted by molar-refractivity contribution is 1.09. The van der Waals surface area contributed by atoms with Gasteiger partial charge in [-0.05, 0) is 30.7 Å². The number of nitrogens with zero attached hydrogens (tertiary/aromatic N) is 2. The first-order chi connectivity index (χ1) is 6.74. The number of aryl methyl sites for hydroxylation is 1. The van der Waals surface area contributed by atoms with Crippen molar-refractivity contribution in [3.63, 3.8) is 0 Å². The molecular weight excluding hydrogens is 176 g/mol. The Bertz CT molecular complexity index is 590. The van der Waals surface area contributed by atoms with Gasteiger partial charge in [0.2, 0.25) is 5.69 Å². The molecule has 2 aromatic heterocycles. The molecule has 2 aromatic rings. The Labute approximate surface area is 81.1 Å². The molecule has 14 heavy (non-hydrogen) atoms. The van der Waals surface area contributed by atoms with Crippen LogP contribution in [-0.4, -0.2) is 4.40 Å². The minimum atomic E-state index is -0.0921. The zero-order valence-corrected chi connectivity index (χ0v) is 7.69. The maximum atomic E-state index is 11.5. The molecule has 0 aromatic carbocycles. The summed E-state index contributed by atoms with van der Waals surface area (Å²) in [5.41, 5.74) is 1.86. The van der Waals surface area contributed by atoms with Crippen LogP contribution < -0.4 is 5.56 Å². The van der Waals surface area contributed by atoms with Gasteiger partial charge < -0.3 is 0 Å². The molecule has 2 rings (SSSR count). The van der Waals surface area contributed by atoms with Crippen molar-refractivity contribution in [2.45, 2.75) is 6.92 Å². The van der Waals surface area contributed by atoms with E-state index < -0.39 is 0 Å². The summed E-state index contributed by atoms with van der Waals surface area (Å²) in [6.07, 6.45) is 1.67. The van der Waals surface area contributed by atoms with Crippen molar-refractivity contribution in [1.82, 2.24) is 4.40 Å². The van der Waals surface area contributed by atoms with E-state index in [0.717, 1.165) is 5.56 Å². The third-order valence-corrected chi connectivity index (χ3v) is 2.17. The van der Waals surface area contributed by atoms with Crippen LogP contribution in [0, 0.1) is 13.5 Å². The Morgan fingerprint density at radius 2 is 2.21 bits per heavy atom. The molecule has 3 heteroatoms. The summed E-state index contributed by atoms with van der Waals surface area (Å²) in [6.45, 7) is 8.83. The molecule has 0 aliphatic heterocycles. The van der Waals surface area contributed by atoms with E-state index in [4.69, 9.17) is 6.57 Å². The third-order valence-electron chi connectivity index (χ3n) is 2.17. The molecule has 0 unspecified atom stereocenters. The number of hydrogen-bond donors (Lipinski definition) is 0. The van der Waals surface area contributed by atoms with Gasteiger partial charge in [-0.2, -0.15) is 0 Å². The SMILES string of the molecule is [C-]#[N+]c1c(C)cc(=O)n2ccccc12. The standard InChI is InChI=1S/C11H8N2O/c1-8-7-10(14)13-6-4-3-5-9(13)11(8)12-2/h3-7H,1H3. The molecule has 0 N–H and O–H groups in total. The lowest BCUT2D eigenvalue weighted by Gasteiger charge is -2.03. The van der Waals surface area contributed by atoms with E-state index >= 15 is 0 Å². The van der Waals surface area contributed by atoms with E-state index in [1.807, 2.05) is 6.07 Å². The molecule has 0 atom stereocenters. The molecular formula is C11H8N2O. The highest BCUT2D eigenvalue weighted by Gasteiger charge is 2.05. The molecule has 0 radical (unpaired) electrons. The quantitative estimate of drug-likeness (QED) is 0.576. The fraction of sp³-hybridized carbons (Fsp3) is 0.0909. The monoisotopic (exact) mass is 184 g/mol. The summed E-state index contributed by atoms with van der Waals surface area (Å²) in [6, 6.07) is 6.86. The van der Waals surface area contributed by atoms with Gasteiger partial charge in [0, 0.05) is 6.20 Å². The first kappa shape index (κ1) is 8.52. The van der Waals surface area contributed by atoms with Crippen LogP contribution in [0.15, 0.2) is 35.3 Å². The summed E-state index contributed by atoms with van der Waals surface area (Å²) >= 11 is 0. The molecule has 0 fully saturated rings. The van der Waals surface area contributed by atoms with Gasteiger partial charge in [0.1, 0.15) is 0 Å². The van der Waals surface area contributed by atoms with Gasteiger partial charge in [-0.15, -0.1) is 0 Å². The Morgan fingerprint density at radius 1 is 1.43 bits per heavy atom. The van der Waals surface area contributed by atoms with Gasteiger partial charge in [-0.3, -0.25) is 9.20 Å². The maximum Gasteiger partial charge on any atom is 0.252 e. The molecule has 0 saturated heterocycles. The van der Waals surface area contributed by atoms with Crippen LogP contribution in [0.25, 0.3) is 10.4 Å². The summed E-state index contributed by atoms with van der Waals surface area (Å²) in [7, 11) is 0. The predicted octanol–water partition coefficient (Wildman–Crippen LogP) is 2.16. The highest BCUT2D eigenvalue weighted by Crippen LogP contribution is 2.22. The number of aromatic nitrogens is 1. The summed E-state index contributed by atoms with van der Waals surface area (Å²) < 4.78 is 1.49. The summed E-state index contributed by atoms with van der Waals surface area (Å²) in [4.78, 5) is 15.0. The summed E-state index contributed by atoms with van der Waals surface area (Å²) in [5.74, 6) is 0. The first-order valence-electron chi connectivity index (χ1n) is 4.22. The minimum Gasteiger partial charge on any atom is -0.294 e. The molecule has 68 valence electrons. The lowest BCUT2D eigenvalue weighted by Crippen LogP contribution is -2.12. The zero-order valence-electron chi connectivity index (χ0n) is 7.69. The van der Waals surface area contributed by atoms with Crippen LogP contribution in [0.3, 0.4) is 0 Å². The van der Waals surface area contributed by atoms with E-state index in [-0.39, 0.29) is 5.56 Å². The van der Waals surface area contributed by atoms with E-state index in [1.54, 1.807) is 25.3 Å². The largest absolute Gasteiger partial charge is 0.294 e. The van der Waals surface area contributed by atoms with Gasteiger partial charge in [-0.25, -0.2) is 4.85 Å². The van der Waals surface area contributed by atoms with E-state index in [0.29, 0.717) is 11.2 Å².